The third-order valence-corrected chi connectivity index (χ3v) is 6.54. The molecule has 138 valence electrons. The van der Waals surface area contributed by atoms with Crippen molar-refractivity contribution in [3.8, 4) is 0 Å². The Balaban J connectivity index is 1.38. The van der Waals surface area contributed by atoms with Gasteiger partial charge in [-0.05, 0) is 36.5 Å². The third kappa shape index (κ3) is 2.88. The Morgan fingerprint density at radius 2 is 2.00 bits per heavy atom. The zero-order chi connectivity index (χ0) is 18.4. The first-order valence-corrected chi connectivity index (χ1v) is 9.95. The Labute approximate surface area is 164 Å². The van der Waals surface area contributed by atoms with Crippen molar-refractivity contribution in [2.45, 2.75) is 24.9 Å². The van der Waals surface area contributed by atoms with E-state index in [1.807, 2.05) is 48.5 Å². The zero-order valence-electron chi connectivity index (χ0n) is 15.1. The standard InChI is InChI=1S/C22H22ClN3O/c23-18-8-4-5-15(11-18)12-26-13-17-9-10-22(19(17)14-26)21(27)24-20(25-22)16-6-2-1-3-7-16/h1-8,11,17,19H,9-10,12-14H2,(H,24,25,27)/t17-,19+,22-/m0/s1. The molecule has 2 heterocycles. The second kappa shape index (κ2) is 6.47. The van der Waals surface area contributed by atoms with E-state index in [0.717, 1.165) is 48.9 Å². The quantitative estimate of drug-likeness (QED) is 0.887. The number of nitrogens with one attached hydrogen (secondary N) is 1. The molecule has 3 atom stereocenters. The molecular weight excluding hydrogens is 358 g/mol. The van der Waals surface area contributed by atoms with E-state index in [0.29, 0.717) is 5.92 Å². The minimum Gasteiger partial charge on any atom is -0.308 e. The van der Waals surface area contributed by atoms with E-state index >= 15 is 0 Å². The van der Waals surface area contributed by atoms with E-state index in [1.165, 1.54) is 5.56 Å². The van der Waals surface area contributed by atoms with Crippen LogP contribution in [-0.2, 0) is 11.3 Å². The van der Waals surface area contributed by atoms with E-state index in [2.05, 4.69) is 16.3 Å². The first kappa shape index (κ1) is 17.0. The molecule has 1 saturated heterocycles. The van der Waals surface area contributed by atoms with Gasteiger partial charge in [-0.25, -0.2) is 0 Å². The lowest BCUT2D eigenvalue weighted by Crippen LogP contribution is -2.44. The van der Waals surface area contributed by atoms with Crippen LogP contribution in [0.15, 0.2) is 59.6 Å². The molecule has 2 aromatic rings. The summed E-state index contributed by atoms with van der Waals surface area (Å²) < 4.78 is 0. The molecule has 1 N–H and O–H groups in total. The molecule has 3 aliphatic rings. The molecule has 5 rings (SSSR count). The number of amides is 1. The summed E-state index contributed by atoms with van der Waals surface area (Å²) in [5.41, 5.74) is 1.62. The number of amidine groups is 1. The van der Waals surface area contributed by atoms with Gasteiger partial charge >= 0.3 is 0 Å². The van der Waals surface area contributed by atoms with Crippen molar-refractivity contribution in [3.05, 3.63) is 70.7 Å². The summed E-state index contributed by atoms with van der Waals surface area (Å²) in [5, 5.41) is 3.84. The highest BCUT2D eigenvalue weighted by Crippen LogP contribution is 2.49. The van der Waals surface area contributed by atoms with Crippen molar-refractivity contribution < 1.29 is 4.79 Å². The van der Waals surface area contributed by atoms with Gasteiger partial charge in [0.2, 0.25) is 0 Å². The van der Waals surface area contributed by atoms with Crippen molar-refractivity contribution in [1.82, 2.24) is 10.2 Å². The molecule has 1 saturated carbocycles. The van der Waals surface area contributed by atoms with Crippen molar-refractivity contribution in [3.63, 3.8) is 0 Å². The molecule has 2 aromatic carbocycles. The van der Waals surface area contributed by atoms with E-state index in [4.69, 9.17) is 16.6 Å². The maximum Gasteiger partial charge on any atom is 0.253 e. The van der Waals surface area contributed by atoms with Crippen molar-refractivity contribution in [1.29, 1.82) is 0 Å². The lowest BCUT2D eigenvalue weighted by molar-refractivity contribution is -0.125. The monoisotopic (exact) mass is 379 g/mol. The summed E-state index contributed by atoms with van der Waals surface area (Å²) in [7, 11) is 0. The smallest absolute Gasteiger partial charge is 0.253 e. The number of halogens is 1. The van der Waals surface area contributed by atoms with Crippen LogP contribution in [0.1, 0.15) is 24.0 Å². The highest BCUT2D eigenvalue weighted by Gasteiger charge is 2.59. The number of hydrogen-bond acceptors (Lipinski definition) is 3. The molecule has 1 spiro atoms. The maximum absolute atomic E-state index is 13.0. The first-order chi connectivity index (χ1) is 13.1. The van der Waals surface area contributed by atoms with E-state index < -0.39 is 5.54 Å². The average Bonchev–Trinajstić information content (AvgIpc) is 3.32. The average molecular weight is 380 g/mol. The van der Waals surface area contributed by atoms with Gasteiger partial charge in [-0.3, -0.25) is 14.7 Å². The van der Waals surface area contributed by atoms with Gasteiger partial charge in [0.1, 0.15) is 11.4 Å². The van der Waals surface area contributed by atoms with Crippen molar-refractivity contribution in [2.24, 2.45) is 16.8 Å². The number of carbonyl (C=O) groups excluding carboxylic acids is 1. The normalized spacial score (nSPS) is 29.8. The SMILES string of the molecule is O=C1NC(c2ccccc2)=N[C@]12CC[C@H]1CN(Cc3cccc(Cl)c3)C[C@H]12. The molecule has 27 heavy (non-hydrogen) atoms. The number of fused-ring (bicyclic) bond motifs is 2. The van der Waals surface area contributed by atoms with Crippen LogP contribution in [-0.4, -0.2) is 35.3 Å². The molecule has 5 heteroatoms. The van der Waals surface area contributed by atoms with Crippen LogP contribution in [0, 0.1) is 11.8 Å². The Morgan fingerprint density at radius 3 is 2.81 bits per heavy atom. The Kier molecular flexibility index (Phi) is 4.06. The van der Waals surface area contributed by atoms with Gasteiger partial charge in [0.05, 0.1) is 0 Å². The summed E-state index contributed by atoms with van der Waals surface area (Å²) in [6, 6.07) is 18.0. The number of likely N-dealkylation sites (tertiary alicyclic amines) is 1. The summed E-state index contributed by atoms with van der Waals surface area (Å²) in [6.45, 7) is 2.82. The van der Waals surface area contributed by atoms with E-state index in [9.17, 15) is 4.79 Å². The topological polar surface area (TPSA) is 44.7 Å². The minimum absolute atomic E-state index is 0.0819. The molecular formula is C22H22ClN3O. The Bertz CT molecular complexity index is 913. The zero-order valence-corrected chi connectivity index (χ0v) is 15.8. The summed E-state index contributed by atoms with van der Waals surface area (Å²) in [4.78, 5) is 20.4. The largest absolute Gasteiger partial charge is 0.308 e. The number of nitrogens with zero attached hydrogens (tertiary/aromatic N) is 2. The molecule has 4 nitrogen and oxygen atoms in total. The molecule has 0 aromatic heterocycles. The van der Waals surface area contributed by atoms with Crippen LogP contribution in [0.4, 0.5) is 0 Å². The minimum atomic E-state index is -0.584. The predicted octanol–water partition coefficient (Wildman–Crippen LogP) is 3.50. The van der Waals surface area contributed by atoms with Gasteiger partial charge in [0.25, 0.3) is 5.91 Å². The van der Waals surface area contributed by atoms with Crippen molar-refractivity contribution >= 4 is 23.3 Å². The summed E-state index contributed by atoms with van der Waals surface area (Å²) in [6.07, 6.45) is 1.92. The molecule has 0 unspecified atom stereocenters. The lowest BCUT2D eigenvalue weighted by atomic mass is 9.85. The van der Waals surface area contributed by atoms with Gasteiger partial charge in [0, 0.05) is 36.1 Å². The number of benzene rings is 2. The number of hydrogen-bond donors (Lipinski definition) is 1. The summed E-state index contributed by atoms with van der Waals surface area (Å²) in [5.74, 6) is 1.64. The number of rotatable bonds is 3. The molecule has 1 amide bonds. The van der Waals surface area contributed by atoms with Crippen LogP contribution in [0.3, 0.4) is 0 Å². The van der Waals surface area contributed by atoms with Gasteiger partial charge < -0.3 is 5.32 Å². The van der Waals surface area contributed by atoms with Gasteiger partial charge in [-0.15, -0.1) is 0 Å². The van der Waals surface area contributed by atoms with Crippen LogP contribution < -0.4 is 5.32 Å². The van der Waals surface area contributed by atoms with Crippen LogP contribution in [0.5, 0.6) is 0 Å². The predicted molar refractivity (Wildman–Crippen MR) is 107 cm³/mol. The maximum atomic E-state index is 13.0. The second-order valence-corrected chi connectivity index (χ2v) is 8.37. The van der Waals surface area contributed by atoms with Crippen LogP contribution >= 0.6 is 11.6 Å². The number of carbonyl (C=O) groups is 1. The number of aliphatic imine (C=N–C) groups is 1. The second-order valence-electron chi connectivity index (χ2n) is 7.93. The van der Waals surface area contributed by atoms with Crippen molar-refractivity contribution in [2.75, 3.05) is 13.1 Å². The Hall–Kier alpha value is -2.17. The molecule has 1 aliphatic carbocycles. The van der Waals surface area contributed by atoms with Gasteiger partial charge in [0.15, 0.2) is 0 Å². The highest BCUT2D eigenvalue weighted by atomic mass is 35.5. The fraction of sp³-hybridized carbons (Fsp3) is 0.364. The Morgan fingerprint density at radius 1 is 1.15 bits per heavy atom. The molecule has 0 radical (unpaired) electrons. The fourth-order valence-electron chi connectivity index (χ4n) is 5.06. The van der Waals surface area contributed by atoms with Crippen LogP contribution in [0.2, 0.25) is 5.02 Å². The van der Waals surface area contributed by atoms with Gasteiger partial charge in [-0.1, -0.05) is 54.1 Å². The summed E-state index contributed by atoms with van der Waals surface area (Å²) >= 11 is 6.13. The third-order valence-electron chi connectivity index (χ3n) is 6.31. The van der Waals surface area contributed by atoms with E-state index in [1.54, 1.807) is 0 Å². The molecule has 2 aliphatic heterocycles. The van der Waals surface area contributed by atoms with Gasteiger partial charge in [-0.2, -0.15) is 0 Å². The molecule has 0 bridgehead atoms. The highest BCUT2D eigenvalue weighted by molar-refractivity contribution is 6.30. The van der Waals surface area contributed by atoms with Crippen LogP contribution in [0.25, 0.3) is 0 Å². The lowest BCUT2D eigenvalue weighted by Gasteiger charge is -2.25. The fourth-order valence-corrected chi connectivity index (χ4v) is 5.27. The molecule has 2 fully saturated rings. The first-order valence-electron chi connectivity index (χ1n) is 9.57. The van der Waals surface area contributed by atoms with E-state index in [-0.39, 0.29) is 11.8 Å².